The highest BCUT2D eigenvalue weighted by molar-refractivity contribution is 5.69. The molecule has 2 aliphatic heterocycles. The predicted molar refractivity (Wildman–Crippen MR) is 75.3 cm³/mol. The number of ether oxygens (including phenoxy) is 2. The van der Waals surface area contributed by atoms with Gasteiger partial charge in [-0.05, 0) is 58.3 Å². The molecular weight excluding hydrogens is 256 g/mol. The summed E-state index contributed by atoms with van der Waals surface area (Å²) in [6.07, 6.45) is 4.61. The minimum atomic E-state index is -0.476. The fourth-order valence-corrected chi connectivity index (χ4v) is 4.26. The van der Waals surface area contributed by atoms with E-state index in [9.17, 15) is 4.79 Å². The van der Waals surface area contributed by atoms with Crippen molar-refractivity contribution in [1.82, 2.24) is 5.32 Å². The van der Waals surface area contributed by atoms with Gasteiger partial charge in [0.05, 0.1) is 17.7 Å². The summed E-state index contributed by atoms with van der Waals surface area (Å²) in [7, 11) is 0. The molecule has 3 N–H and O–H groups in total. The van der Waals surface area contributed by atoms with Crippen molar-refractivity contribution in [3.05, 3.63) is 0 Å². The van der Waals surface area contributed by atoms with E-state index in [0.717, 1.165) is 12.8 Å². The topological polar surface area (TPSA) is 73.6 Å². The number of carbonyl (C=O) groups excluding carboxylic acids is 1. The summed E-state index contributed by atoms with van der Waals surface area (Å²) in [5, 5.41) is 3.05. The van der Waals surface area contributed by atoms with Crippen molar-refractivity contribution in [2.24, 2.45) is 17.6 Å². The molecule has 0 aromatic carbocycles. The zero-order valence-corrected chi connectivity index (χ0v) is 12.6. The molecule has 2 saturated heterocycles. The van der Waals surface area contributed by atoms with Crippen LogP contribution in [0, 0.1) is 11.8 Å². The lowest BCUT2D eigenvalue weighted by atomic mass is 9.82. The highest BCUT2D eigenvalue weighted by atomic mass is 16.6. The second-order valence-electron chi connectivity index (χ2n) is 7.64. The standard InChI is InChI=1S/C15H26N2O3/c1-14(2,3)20-13(18)17-15(8-16)6-9-10(7-15)12-5-4-11(9)19-12/h9-12H,4-8,16H2,1-3H3,(H,17,18). The molecule has 0 aromatic rings. The third-order valence-corrected chi connectivity index (χ3v) is 5.00. The Kier molecular flexibility index (Phi) is 3.25. The average Bonchev–Trinajstić information content (AvgIpc) is 2.95. The van der Waals surface area contributed by atoms with Crippen LogP contribution in [0.25, 0.3) is 0 Å². The minimum Gasteiger partial charge on any atom is -0.444 e. The Balaban J connectivity index is 1.67. The molecule has 0 spiro atoms. The normalized spacial score (nSPS) is 42.6. The number of carbonyl (C=O) groups is 1. The van der Waals surface area contributed by atoms with Gasteiger partial charge in [-0.3, -0.25) is 0 Å². The molecule has 4 atom stereocenters. The van der Waals surface area contributed by atoms with Crippen molar-refractivity contribution in [1.29, 1.82) is 0 Å². The van der Waals surface area contributed by atoms with Crippen LogP contribution >= 0.6 is 0 Å². The average molecular weight is 282 g/mol. The first kappa shape index (κ1) is 14.1. The van der Waals surface area contributed by atoms with Gasteiger partial charge in [-0.25, -0.2) is 4.79 Å². The second kappa shape index (κ2) is 4.60. The number of nitrogens with one attached hydrogen (secondary N) is 1. The second-order valence-corrected chi connectivity index (χ2v) is 7.64. The Morgan fingerprint density at radius 3 is 2.30 bits per heavy atom. The van der Waals surface area contributed by atoms with Crippen molar-refractivity contribution in [2.75, 3.05) is 6.54 Å². The van der Waals surface area contributed by atoms with Crippen LogP contribution in [0.4, 0.5) is 4.79 Å². The van der Waals surface area contributed by atoms with Gasteiger partial charge in [0.15, 0.2) is 0 Å². The Bertz CT molecular complexity index is 386. The van der Waals surface area contributed by atoms with Crippen LogP contribution in [0.15, 0.2) is 0 Å². The van der Waals surface area contributed by atoms with Crippen molar-refractivity contribution < 1.29 is 14.3 Å². The van der Waals surface area contributed by atoms with Crippen molar-refractivity contribution >= 4 is 6.09 Å². The predicted octanol–water partition coefficient (Wildman–Crippen LogP) is 1.80. The van der Waals surface area contributed by atoms with E-state index in [1.54, 1.807) is 0 Å². The number of nitrogens with two attached hydrogens (primary N) is 1. The van der Waals surface area contributed by atoms with Crippen LogP contribution in [0.3, 0.4) is 0 Å². The molecule has 1 saturated carbocycles. The first-order valence-electron chi connectivity index (χ1n) is 7.69. The maximum Gasteiger partial charge on any atom is 0.408 e. The van der Waals surface area contributed by atoms with E-state index in [1.807, 2.05) is 20.8 Å². The largest absolute Gasteiger partial charge is 0.444 e. The summed E-state index contributed by atoms with van der Waals surface area (Å²) >= 11 is 0. The maximum atomic E-state index is 12.1. The number of hydrogen-bond acceptors (Lipinski definition) is 4. The fourth-order valence-electron chi connectivity index (χ4n) is 4.26. The third-order valence-electron chi connectivity index (χ3n) is 5.00. The van der Waals surface area contributed by atoms with E-state index < -0.39 is 5.60 Å². The van der Waals surface area contributed by atoms with Crippen LogP contribution in [0.2, 0.25) is 0 Å². The highest BCUT2D eigenvalue weighted by Gasteiger charge is 2.58. The molecule has 1 aliphatic carbocycles. The van der Waals surface area contributed by atoms with Crippen LogP contribution in [0.1, 0.15) is 46.5 Å². The van der Waals surface area contributed by atoms with Gasteiger partial charge in [0, 0.05) is 6.54 Å². The molecule has 0 aromatic heterocycles. The molecule has 0 radical (unpaired) electrons. The first-order chi connectivity index (χ1) is 9.32. The molecule has 2 bridgehead atoms. The van der Waals surface area contributed by atoms with Gasteiger partial charge in [-0.1, -0.05) is 0 Å². The Morgan fingerprint density at radius 1 is 1.30 bits per heavy atom. The highest BCUT2D eigenvalue weighted by Crippen LogP contribution is 2.54. The van der Waals surface area contributed by atoms with Gasteiger partial charge in [-0.2, -0.15) is 0 Å². The number of rotatable bonds is 2. The SMILES string of the molecule is CC(C)(C)OC(=O)NC1(CN)CC2C3CCC(O3)C2C1. The quantitative estimate of drug-likeness (QED) is 0.810. The van der Waals surface area contributed by atoms with E-state index in [0.29, 0.717) is 30.6 Å². The maximum absolute atomic E-state index is 12.1. The van der Waals surface area contributed by atoms with Crippen molar-refractivity contribution in [2.45, 2.75) is 69.8 Å². The molecule has 3 aliphatic rings. The molecule has 5 nitrogen and oxygen atoms in total. The van der Waals surface area contributed by atoms with E-state index in [-0.39, 0.29) is 11.6 Å². The van der Waals surface area contributed by atoms with Crippen molar-refractivity contribution in [3.63, 3.8) is 0 Å². The van der Waals surface area contributed by atoms with Crippen LogP contribution in [0.5, 0.6) is 0 Å². The molecule has 5 heteroatoms. The van der Waals surface area contributed by atoms with E-state index in [2.05, 4.69) is 5.32 Å². The first-order valence-corrected chi connectivity index (χ1v) is 7.69. The zero-order valence-electron chi connectivity index (χ0n) is 12.6. The minimum absolute atomic E-state index is 0.303. The lowest BCUT2D eigenvalue weighted by Crippen LogP contribution is -2.53. The van der Waals surface area contributed by atoms with Gasteiger partial charge < -0.3 is 20.5 Å². The van der Waals surface area contributed by atoms with E-state index in [4.69, 9.17) is 15.2 Å². The molecular formula is C15H26N2O3. The molecule has 3 fully saturated rings. The lowest BCUT2D eigenvalue weighted by Gasteiger charge is -2.32. The summed E-state index contributed by atoms with van der Waals surface area (Å²) < 4.78 is 11.4. The van der Waals surface area contributed by atoms with E-state index in [1.165, 1.54) is 12.8 Å². The van der Waals surface area contributed by atoms with Gasteiger partial charge in [0.25, 0.3) is 0 Å². The molecule has 1 amide bonds. The van der Waals surface area contributed by atoms with Gasteiger partial charge in [0.1, 0.15) is 5.60 Å². The third kappa shape index (κ3) is 2.42. The summed E-state index contributed by atoms with van der Waals surface area (Å²) in [4.78, 5) is 12.1. The number of hydrogen-bond donors (Lipinski definition) is 2. The number of alkyl carbamates (subject to hydrolysis) is 1. The molecule has 4 unspecified atom stereocenters. The Hall–Kier alpha value is -0.810. The Morgan fingerprint density at radius 2 is 1.85 bits per heavy atom. The Labute approximate surface area is 120 Å². The van der Waals surface area contributed by atoms with Crippen molar-refractivity contribution in [3.8, 4) is 0 Å². The molecule has 3 rings (SSSR count). The lowest BCUT2D eigenvalue weighted by molar-refractivity contribution is 0.0405. The summed E-state index contributed by atoms with van der Waals surface area (Å²) in [5.41, 5.74) is 5.21. The monoisotopic (exact) mass is 282 g/mol. The number of amides is 1. The fraction of sp³-hybridized carbons (Fsp3) is 0.933. The van der Waals surface area contributed by atoms with Gasteiger partial charge >= 0.3 is 6.09 Å². The smallest absolute Gasteiger partial charge is 0.408 e. The molecule has 114 valence electrons. The van der Waals surface area contributed by atoms with Gasteiger partial charge in [-0.15, -0.1) is 0 Å². The zero-order chi connectivity index (χ0) is 14.5. The molecule has 2 heterocycles. The summed E-state index contributed by atoms with van der Waals surface area (Å²) in [5.74, 6) is 1.12. The van der Waals surface area contributed by atoms with Crippen LogP contribution in [-0.4, -0.2) is 36.0 Å². The van der Waals surface area contributed by atoms with Crippen LogP contribution < -0.4 is 11.1 Å². The van der Waals surface area contributed by atoms with E-state index >= 15 is 0 Å². The number of fused-ring (bicyclic) bond motifs is 5. The molecule has 20 heavy (non-hydrogen) atoms. The van der Waals surface area contributed by atoms with Crippen LogP contribution in [-0.2, 0) is 9.47 Å². The summed E-state index contributed by atoms with van der Waals surface area (Å²) in [6.45, 7) is 6.09. The van der Waals surface area contributed by atoms with Gasteiger partial charge in [0.2, 0.25) is 0 Å². The summed E-state index contributed by atoms with van der Waals surface area (Å²) in [6, 6.07) is 0.